The molecule has 0 saturated carbocycles. The van der Waals surface area contributed by atoms with Crippen LogP contribution in [0.5, 0.6) is 11.5 Å². The van der Waals surface area contributed by atoms with Crippen LogP contribution in [0, 0.1) is 0 Å². The second-order valence-electron chi connectivity index (χ2n) is 10.4. The van der Waals surface area contributed by atoms with Crippen LogP contribution in [0.1, 0.15) is 67.1 Å². The molecule has 0 unspecified atom stereocenters. The average Bonchev–Trinajstić information content (AvgIpc) is 2.88. The van der Waals surface area contributed by atoms with E-state index >= 15 is 0 Å². The van der Waals surface area contributed by atoms with Crippen LogP contribution in [0.15, 0.2) is 41.4 Å². The zero-order valence-corrected chi connectivity index (χ0v) is 24.5. The second-order valence-corrected chi connectivity index (χ2v) is 10.4. The van der Waals surface area contributed by atoms with Gasteiger partial charge in [-0.2, -0.15) is 0 Å². The standard InChI is InChI=1S/C30H41N3O4.ClH/c1-8-37-28-15-23-24(16-27(28)36-7)29(31-26-13-14-32(5)17-25(23)26)21-9-11-22(12-10-21)30(34)33(19(2)3)20(4)18-35-6;/h9-12,15-16,19-20,25-26H,8,13-14,17-18H2,1-7H3;1H/t20-,25+,26+;/m0./s1. The Bertz CT molecular complexity index is 1140. The van der Waals surface area contributed by atoms with Gasteiger partial charge in [0, 0.05) is 42.3 Å². The normalized spacial score (nSPS) is 19.5. The van der Waals surface area contributed by atoms with Gasteiger partial charge in [0.2, 0.25) is 0 Å². The summed E-state index contributed by atoms with van der Waals surface area (Å²) in [6.07, 6.45) is 1.01. The number of amides is 1. The van der Waals surface area contributed by atoms with Crippen molar-refractivity contribution < 1.29 is 19.0 Å². The van der Waals surface area contributed by atoms with E-state index in [4.69, 9.17) is 19.2 Å². The number of likely N-dealkylation sites (N-methyl/N-ethyl adjacent to an activating group) is 1. The molecule has 1 saturated heterocycles. The molecular weight excluding hydrogens is 502 g/mol. The van der Waals surface area contributed by atoms with Crippen molar-refractivity contribution >= 4 is 24.0 Å². The van der Waals surface area contributed by atoms with Crippen LogP contribution in [0.2, 0.25) is 0 Å². The minimum absolute atomic E-state index is 0. The highest BCUT2D eigenvalue weighted by molar-refractivity contribution is 6.15. The lowest BCUT2D eigenvalue weighted by atomic mass is 9.79. The summed E-state index contributed by atoms with van der Waals surface area (Å²) in [5.74, 6) is 1.81. The third-order valence-corrected chi connectivity index (χ3v) is 7.44. The molecule has 3 atom stereocenters. The number of piperidine rings is 1. The van der Waals surface area contributed by atoms with E-state index in [2.05, 4.69) is 24.1 Å². The van der Waals surface area contributed by atoms with Crippen molar-refractivity contribution in [3.8, 4) is 11.5 Å². The number of rotatable bonds is 9. The van der Waals surface area contributed by atoms with Gasteiger partial charge in [-0.1, -0.05) is 12.1 Å². The molecule has 2 heterocycles. The van der Waals surface area contributed by atoms with E-state index < -0.39 is 0 Å². The third-order valence-electron chi connectivity index (χ3n) is 7.44. The van der Waals surface area contributed by atoms with E-state index in [-0.39, 0.29) is 36.4 Å². The number of methoxy groups -OCH3 is 2. The van der Waals surface area contributed by atoms with Crippen molar-refractivity contribution in [2.45, 2.75) is 58.2 Å². The minimum Gasteiger partial charge on any atom is -0.493 e. The Morgan fingerprint density at radius 2 is 1.84 bits per heavy atom. The molecule has 38 heavy (non-hydrogen) atoms. The molecule has 0 spiro atoms. The number of ether oxygens (including phenoxy) is 3. The maximum Gasteiger partial charge on any atom is 0.254 e. The summed E-state index contributed by atoms with van der Waals surface area (Å²) in [4.78, 5) is 22.9. The van der Waals surface area contributed by atoms with E-state index in [9.17, 15) is 4.79 Å². The first-order chi connectivity index (χ1) is 17.8. The zero-order valence-electron chi connectivity index (χ0n) is 23.7. The van der Waals surface area contributed by atoms with Crippen molar-refractivity contribution in [3.05, 3.63) is 58.7 Å². The Morgan fingerprint density at radius 1 is 1.13 bits per heavy atom. The van der Waals surface area contributed by atoms with Crippen molar-refractivity contribution in [1.82, 2.24) is 9.80 Å². The number of likely N-dealkylation sites (tertiary alicyclic amines) is 1. The molecule has 0 bridgehead atoms. The molecule has 2 aliphatic heterocycles. The van der Waals surface area contributed by atoms with Gasteiger partial charge >= 0.3 is 0 Å². The van der Waals surface area contributed by atoms with Crippen molar-refractivity contribution in [1.29, 1.82) is 0 Å². The van der Waals surface area contributed by atoms with Crippen LogP contribution >= 0.6 is 12.4 Å². The molecule has 1 fully saturated rings. The minimum atomic E-state index is -0.0138. The molecular formula is C30H42ClN3O4. The molecule has 0 aliphatic carbocycles. The molecule has 7 nitrogen and oxygen atoms in total. The molecule has 2 aliphatic rings. The van der Waals surface area contributed by atoms with Gasteiger partial charge in [-0.15, -0.1) is 12.4 Å². The quantitative estimate of drug-likeness (QED) is 0.443. The topological polar surface area (TPSA) is 63.6 Å². The van der Waals surface area contributed by atoms with Gasteiger partial charge in [0.25, 0.3) is 5.91 Å². The highest BCUT2D eigenvalue weighted by Crippen LogP contribution is 2.42. The SMILES string of the molecule is CCOc1cc2c(cc1OC)C(c1ccc(C(=O)N(C(C)C)[C@@H](C)COC)cc1)=N[C@@H]1CCN(C)C[C@H]21.Cl. The Hall–Kier alpha value is -2.61. The van der Waals surface area contributed by atoms with E-state index in [0.29, 0.717) is 30.4 Å². The number of nitrogens with zero attached hydrogens (tertiary/aromatic N) is 3. The molecule has 0 aromatic heterocycles. The molecule has 0 N–H and O–H groups in total. The number of benzene rings is 2. The van der Waals surface area contributed by atoms with Gasteiger partial charge in [0.05, 0.1) is 38.1 Å². The summed E-state index contributed by atoms with van der Waals surface area (Å²) in [5.41, 5.74) is 4.95. The smallest absolute Gasteiger partial charge is 0.254 e. The number of hydrogen-bond donors (Lipinski definition) is 0. The summed E-state index contributed by atoms with van der Waals surface area (Å²) in [6, 6.07) is 12.4. The van der Waals surface area contributed by atoms with E-state index in [1.807, 2.05) is 56.9 Å². The first-order valence-corrected chi connectivity index (χ1v) is 13.3. The van der Waals surface area contributed by atoms with Crippen LogP contribution < -0.4 is 9.47 Å². The Labute approximate surface area is 233 Å². The molecule has 1 amide bonds. The highest BCUT2D eigenvalue weighted by Gasteiger charge is 2.36. The molecule has 2 aromatic carbocycles. The Balaban J connectivity index is 0.00000400. The largest absolute Gasteiger partial charge is 0.493 e. The Morgan fingerprint density at radius 3 is 2.45 bits per heavy atom. The van der Waals surface area contributed by atoms with Crippen LogP contribution in [-0.4, -0.2) is 87.1 Å². The molecule has 0 radical (unpaired) electrons. The zero-order chi connectivity index (χ0) is 26.7. The molecule has 8 heteroatoms. The maximum atomic E-state index is 13.4. The van der Waals surface area contributed by atoms with Gasteiger partial charge in [-0.05, 0) is 77.5 Å². The highest BCUT2D eigenvalue weighted by atomic mass is 35.5. The number of carbonyl (C=O) groups is 1. The molecule has 2 aromatic rings. The summed E-state index contributed by atoms with van der Waals surface area (Å²) in [5, 5.41) is 0. The summed E-state index contributed by atoms with van der Waals surface area (Å²) in [6.45, 7) is 11.1. The maximum absolute atomic E-state index is 13.4. The van der Waals surface area contributed by atoms with Crippen LogP contribution in [-0.2, 0) is 4.74 Å². The summed E-state index contributed by atoms with van der Waals surface area (Å²) in [7, 11) is 5.51. The first-order valence-electron chi connectivity index (χ1n) is 13.3. The van der Waals surface area contributed by atoms with Crippen molar-refractivity contribution in [2.75, 3.05) is 47.6 Å². The fourth-order valence-corrected chi connectivity index (χ4v) is 5.73. The molecule has 4 rings (SSSR count). The van der Waals surface area contributed by atoms with Crippen LogP contribution in [0.25, 0.3) is 0 Å². The fraction of sp³-hybridized carbons (Fsp3) is 0.533. The van der Waals surface area contributed by atoms with Crippen LogP contribution in [0.3, 0.4) is 0 Å². The van der Waals surface area contributed by atoms with Crippen molar-refractivity contribution in [2.24, 2.45) is 4.99 Å². The third kappa shape index (κ3) is 6.00. The molecule has 208 valence electrons. The Kier molecular flexibility index (Phi) is 10.2. The predicted molar refractivity (Wildman–Crippen MR) is 155 cm³/mol. The van der Waals surface area contributed by atoms with Crippen LogP contribution in [0.4, 0.5) is 0 Å². The lowest BCUT2D eigenvalue weighted by Crippen LogP contribution is -2.45. The van der Waals surface area contributed by atoms with E-state index in [1.165, 1.54) is 5.56 Å². The average molecular weight is 544 g/mol. The number of carbonyl (C=O) groups excluding carboxylic acids is 1. The van der Waals surface area contributed by atoms with Gasteiger partial charge in [-0.3, -0.25) is 9.79 Å². The van der Waals surface area contributed by atoms with E-state index in [0.717, 1.165) is 42.1 Å². The van der Waals surface area contributed by atoms with Crippen molar-refractivity contribution in [3.63, 3.8) is 0 Å². The lowest BCUT2D eigenvalue weighted by Gasteiger charge is -2.39. The second kappa shape index (κ2) is 13.0. The lowest BCUT2D eigenvalue weighted by molar-refractivity contribution is 0.0478. The predicted octanol–water partition coefficient (Wildman–Crippen LogP) is 5.04. The number of halogens is 1. The van der Waals surface area contributed by atoms with Gasteiger partial charge in [0.15, 0.2) is 11.5 Å². The monoisotopic (exact) mass is 543 g/mol. The summed E-state index contributed by atoms with van der Waals surface area (Å²) < 4.78 is 16.9. The fourth-order valence-electron chi connectivity index (χ4n) is 5.73. The van der Waals surface area contributed by atoms with Gasteiger partial charge < -0.3 is 24.0 Å². The number of hydrogen-bond acceptors (Lipinski definition) is 6. The van der Waals surface area contributed by atoms with Gasteiger partial charge in [0.1, 0.15) is 0 Å². The first kappa shape index (κ1) is 29.9. The number of aliphatic imine (C=N–C) groups is 1. The van der Waals surface area contributed by atoms with Gasteiger partial charge in [-0.25, -0.2) is 0 Å². The summed E-state index contributed by atoms with van der Waals surface area (Å²) >= 11 is 0. The van der Waals surface area contributed by atoms with E-state index in [1.54, 1.807) is 14.2 Å². The number of fused-ring (bicyclic) bond motifs is 3.